The molecule has 0 saturated carbocycles. The molecule has 1 heterocycles. The summed E-state index contributed by atoms with van der Waals surface area (Å²) in [7, 11) is 0. The highest BCUT2D eigenvalue weighted by Crippen LogP contribution is 2.17. The van der Waals surface area contributed by atoms with Gasteiger partial charge >= 0.3 is 0 Å². The van der Waals surface area contributed by atoms with Gasteiger partial charge in [-0.3, -0.25) is 4.90 Å². The topological polar surface area (TPSA) is 55.0 Å². The van der Waals surface area contributed by atoms with Crippen LogP contribution in [0.2, 0.25) is 0 Å². The monoisotopic (exact) mass is 329 g/mol. The minimum atomic E-state index is 0.650. The highest BCUT2D eigenvalue weighted by molar-refractivity contribution is 8.14. The normalized spacial score (nSPS) is 17.0. The largest absolute Gasteiger partial charge is 0.301 e. The molecule has 122 valence electrons. The van der Waals surface area contributed by atoms with Crippen molar-refractivity contribution in [1.82, 2.24) is 9.80 Å². The van der Waals surface area contributed by atoms with E-state index in [2.05, 4.69) is 39.7 Å². The number of piperazine rings is 1. The Hall–Kier alpha value is -1.68. The predicted molar refractivity (Wildman–Crippen MR) is 98.0 cm³/mol. The minimum Gasteiger partial charge on any atom is -0.301 e. The van der Waals surface area contributed by atoms with Crippen LogP contribution in [0.1, 0.15) is 24.5 Å². The Morgan fingerprint density at radius 2 is 1.87 bits per heavy atom. The van der Waals surface area contributed by atoms with Crippen molar-refractivity contribution in [2.45, 2.75) is 13.3 Å². The van der Waals surface area contributed by atoms with Crippen LogP contribution in [-0.2, 0) is 0 Å². The van der Waals surface area contributed by atoms with Crippen LogP contribution in [0.15, 0.2) is 34.5 Å². The second-order valence-corrected chi connectivity index (χ2v) is 6.40. The maximum atomic E-state index is 8.88. The summed E-state index contributed by atoms with van der Waals surface area (Å²) in [6, 6.07) is 9.56. The van der Waals surface area contributed by atoms with Crippen LogP contribution in [0.4, 0.5) is 0 Å². The number of hydrogen-bond acceptors (Lipinski definition) is 6. The molecule has 1 fully saturated rings. The summed E-state index contributed by atoms with van der Waals surface area (Å²) in [5.74, 6) is 0.897. The Morgan fingerprint density at radius 1 is 1.22 bits per heavy atom. The van der Waals surface area contributed by atoms with E-state index >= 15 is 0 Å². The average molecular weight is 329 g/mol. The SMILES string of the molecule is C=N/N=C(\SCN1CCN(CCC)CC1)c1ccc(C#N)cc1. The maximum absolute atomic E-state index is 8.88. The minimum absolute atomic E-state index is 0.650. The summed E-state index contributed by atoms with van der Waals surface area (Å²) in [5, 5.41) is 17.6. The van der Waals surface area contributed by atoms with Gasteiger partial charge in [0.2, 0.25) is 0 Å². The molecule has 2 rings (SSSR count). The molecule has 6 heteroatoms. The van der Waals surface area contributed by atoms with Crippen LogP contribution in [0, 0.1) is 11.3 Å². The first-order chi connectivity index (χ1) is 11.3. The summed E-state index contributed by atoms with van der Waals surface area (Å²) in [6.45, 7) is 11.3. The van der Waals surface area contributed by atoms with Crippen LogP contribution < -0.4 is 0 Å². The van der Waals surface area contributed by atoms with E-state index in [4.69, 9.17) is 5.26 Å². The van der Waals surface area contributed by atoms with Gasteiger partial charge in [0.25, 0.3) is 0 Å². The van der Waals surface area contributed by atoms with Gasteiger partial charge in [0.05, 0.1) is 17.5 Å². The first kappa shape index (κ1) is 17.7. The highest BCUT2D eigenvalue weighted by atomic mass is 32.2. The molecular formula is C17H23N5S. The van der Waals surface area contributed by atoms with Gasteiger partial charge < -0.3 is 4.90 Å². The zero-order valence-corrected chi connectivity index (χ0v) is 14.4. The first-order valence-electron chi connectivity index (χ1n) is 7.88. The maximum Gasteiger partial charge on any atom is 0.127 e. The Labute approximate surface area is 142 Å². The van der Waals surface area contributed by atoms with Crippen molar-refractivity contribution < 1.29 is 0 Å². The number of nitrogens with zero attached hydrogens (tertiary/aromatic N) is 5. The quantitative estimate of drug-likeness (QED) is 0.457. The van der Waals surface area contributed by atoms with Gasteiger partial charge in [-0.1, -0.05) is 30.8 Å². The van der Waals surface area contributed by atoms with Crippen molar-refractivity contribution in [3.8, 4) is 6.07 Å². The van der Waals surface area contributed by atoms with Gasteiger partial charge in [0.15, 0.2) is 0 Å². The summed E-state index contributed by atoms with van der Waals surface area (Å²) in [4.78, 5) is 4.96. The summed E-state index contributed by atoms with van der Waals surface area (Å²) < 4.78 is 0. The van der Waals surface area contributed by atoms with Crippen LogP contribution in [0.3, 0.4) is 0 Å². The molecule has 0 bridgehead atoms. The molecule has 1 saturated heterocycles. The van der Waals surface area contributed by atoms with E-state index in [0.717, 1.165) is 42.7 Å². The van der Waals surface area contributed by atoms with E-state index in [-0.39, 0.29) is 0 Å². The van der Waals surface area contributed by atoms with Gasteiger partial charge in [-0.15, -0.1) is 5.10 Å². The lowest BCUT2D eigenvalue weighted by Gasteiger charge is -2.34. The number of hydrogen-bond donors (Lipinski definition) is 0. The van der Waals surface area contributed by atoms with Crippen molar-refractivity contribution in [1.29, 1.82) is 5.26 Å². The Balaban J connectivity index is 1.89. The molecule has 0 spiro atoms. The molecule has 0 radical (unpaired) electrons. The fourth-order valence-corrected chi connectivity index (χ4v) is 3.51. The van der Waals surface area contributed by atoms with Gasteiger partial charge in [-0.05, 0) is 25.1 Å². The molecule has 1 aliphatic heterocycles. The summed E-state index contributed by atoms with van der Waals surface area (Å²) >= 11 is 1.67. The highest BCUT2D eigenvalue weighted by Gasteiger charge is 2.17. The Kier molecular flexibility index (Phi) is 7.27. The Bertz CT molecular complexity index is 568. The fourth-order valence-electron chi connectivity index (χ4n) is 2.53. The lowest BCUT2D eigenvalue weighted by Crippen LogP contribution is -2.46. The zero-order chi connectivity index (χ0) is 16.5. The van der Waals surface area contributed by atoms with E-state index < -0.39 is 0 Å². The van der Waals surface area contributed by atoms with E-state index in [1.165, 1.54) is 13.0 Å². The van der Waals surface area contributed by atoms with Crippen molar-refractivity contribution in [2.24, 2.45) is 10.2 Å². The van der Waals surface area contributed by atoms with Crippen molar-refractivity contribution in [2.75, 3.05) is 38.6 Å². The van der Waals surface area contributed by atoms with Crippen molar-refractivity contribution >= 4 is 23.5 Å². The standard InChI is InChI=1S/C17H23N5S/c1-3-8-21-9-11-22(12-10-21)14-23-17(20-19-2)16-6-4-15(13-18)5-7-16/h4-7H,2-3,8-12,14H2,1H3/b20-17-. The van der Waals surface area contributed by atoms with E-state index in [1.807, 2.05) is 12.1 Å². The molecule has 0 atom stereocenters. The second-order valence-electron chi connectivity index (χ2n) is 5.47. The lowest BCUT2D eigenvalue weighted by atomic mass is 10.2. The van der Waals surface area contributed by atoms with Crippen molar-refractivity contribution in [3.05, 3.63) is 35.4 Å². The van der Waals surface area contributed by atoms with Gasteiger partial charge in [0.1, 0.15) is 5.04 Å². The molecule has 23 heavy (non-hydrogen) atoms. The smallest absolute Gasteiger partial charge is 0.127 e. The van der Waals surface area contributed by atoms with Crippen LogP contribution in [0.5, 0.6) is 0 Å². The molecule has 0 N–H and O–H groups in total. The molecule has 0 amide bonds. The Morgan fingerprint density at radius 3 is 2.43 bits per heavy atom. The third kappa shape index (κ3) is 5.47. The molecular weight excluding hydrogens is 306 g/mol. The number of rotatable bonds is 6. The van der Waals surface area contributed by atoms with E-state index in [0.29, 0.717) is 5.56 Å². The summed E-state index contributed by atoms with van der Waals surface area (Å²) in [5.41, 5.74) is 1.63. The number of benzene rings is 1. The number of thioether (sulfide) groups is 1. The predicted octanol–water partition coefficient (Wildman–Crippen LogP) is 2.64. The number of nitriles is 1. The molecule has 1 aliphatic rings. The van der Waals surface area contributed by atoms with E-state index in [1.54, 1.807) is 23.9 Å². The van der Waals surface area contributed by atoms with Crippen LogP contribution >= 0.6 is 11.8 Å². The molecule has 1 aromatic carbocycles. The van der Waals surface area contributed by atoms with Crippen LogP contribution in [0.25, 0.3) is 0 Å². The summed E-state index contributed by atoms with van der Waals surface area (Å²) in [6.07, 6.45) is 1.22. The van der Waals surface area contributed by atoms with Crippen LogP contribution in [-0.4, -0.2) is 60.2 Å². The van der Waals surface area contributed by atoms with E-state index in [9.17, 15) is 0 Å². The molecule has 0 aliphatic carbocycles. The third-order valence-electron chi connectivity index (χ3n) is 3.81. The average Bonchev–Trinajstić information content (AvgIpc) is 2.60. The van der Waals surface area contributed by atoms with Gasteiger partial charge in [0, 0.05) is 38.5 Å². The first-order valence-corrected chi connectivity index (χ1v) is 8.87. The molecule has 5 nitrogen and oxygen atoms in total. The fraction of sp³-hybridized carbons (Fsp3) is 0.471. The lowest BCUT2D eigenvalue weighted by molar-refractivity contribution is 0.149. The van der Waals surface area contributed by atoms with Crippen molar-refractivity contribution in [3.63, 3.8) is 0 Å². The van der Waals surface area contributed by atoms with Gasteiger partial charge in [-0.25, -0.2) is 0 Å². The molecule has 1 aromatic rings. The molecule has 0 unspecified atom stereocenters. The third-order valence-corrected chi connectivity index (χ3v) is 4.90. The van der Waals surface area contributed by atoms with Gasteiger partial charge in [-0.2, -0.15) is 10.4 Å². The molecule has 0 aromatic heterocycles. The second kappa shape index (κ2) is 9.46. The zero-order valence-electron chi connectivity index (χ0n) is 13.6.